The molecule has 0 radical (unpaired) electrons. The second kappa shape index (κ2) is 7.67. The van der Waals surface area contributed by atoms with E-state index in [-0.39, 0.29) is 18.4 Å². The first-order chi connectivity index (χ1) is 13.6. The Balaban J connectivity index is 1.67. The van der Waals surface area contributed by atoms with Crippen LogP contribution in [0.1, 0.15) is 23.3 Å². The summed E-state index contributed by atoms with van der Waals surface area (Å²) in [7, 11) is 3.14. The van der Waals surface area contributed by atoms with Crippen molar-refractivity contribution in [1.82, 2.24) is 9.80 Å². The highest BCUT2D eigenvalue weighted by Crippen LogP contribution is 2.36. The molecule has 2 aromatic rings. The first kappa shape index (κ1) is 18.6. The van der Waals surface area contributed by atoms with Crippen molar-refractivity contribution in [1.29, 1.82) is 0 Å². The summed E-state index contributed by atoms with van der Waals surface area (Å²) < 4.78 is 10.6. The van der Waals surface area contributed by atoms with Gasteiger partial charge in [-0.3, -0.25) is 14.5 Å². The van der Waals surface area contributed by atoms with E-state index in [1.807, 2.05) is 23.6 Å². The van der Waals surface area contributed by atoms with Crippen LogP contribution in [0.25, 0.3) is 5.57 Å². The van der Waals surface area contributed by atoms with Gasteiger partial charge in [0.15, 0.2) is 11.5 Å². The Kier molecular flexibility index (Phi) is 5.09. The lowest BCUT2D eigenvalue weighted by molar-refractivity contribution is -0.138. The highest BCUT2D eigenvalue weighted by molar-refractivity contribution is 7.11. The first-order valence-electron chi connectivity index (χ1n) is 9.24. The number of ether oxygens (including phenoxy) is 2. The molecule has 3 heterocycles. The molecule has 2 aliphatic rings. The maximum absolute atomic E-state index is 13.2. The number of hydrogen-bond acceptors (Lipinski definition) is 6. The van der Waals surface area contributed by atoms with Gasteiger partial charge in [-0.05, 0) is 42.0 Å². The minimum absolute atomic E-state index is 0.199. The summed E-state index contributed by atoms with van der Waals surface area (Å²) in [6.07, 6.45) is 2.08. The summed E-state index contributed by atoms with van der Waals surface area (Å²) in [5.74, 6) is 0.736. The molecule has 0 atom stereocenters. The fraction of sp³-hybridized carbons (Fsp3) is 0.333. The number of rotatable bonds is 6. The Labute approximate surface area is 168 Å². The summed E-state index contributed by atoms with van der Waals surface area (Å²) in [4.78, 5) is 30.7. The molecule has 4 rings (SSSR count). The predicted octanol–water partition coefficient (Wildman–Crippen LogP) is 3.14. The van der Waals surface area contributed by atoms with Crippen LogP contribution < -0.4 is 9.47 Å². The van der Waals surface area contributed by atoms with Crippen LogP contribution in [0.4, 0.5) is 0 Å². The number of hydrogen-bond donors (Lipinski definition) is 0. The van der Waals surface area contributed by atoms with Crippen molar-refractivity contribution in [3.8, 4) is 11.5 Å². The number of thiophene rings is 1. The molecule has 0 bridgehead atoms. The summed E-state index contributed by atoms with van der Waals surface area (Å²) in [6, 6.07) is 9.25. The number of carbonyl (C=O) groups is 2. The molecule has 1 aromatic carbocycles. The molecule has 0 N–H and O–H groups in total. The molecule has 0 spiro atoms. The Morgan fingerprint density at radius 2 is 1.75 bits per heavy atom. The number of imide groups is 1. The molecular weight excluding hydrogens is 376 g/mol. The van der Waals surface area contributed by atoms with E-state index in [4.69, 9.17) is 9.47 Å². The third kappa shape index (κ3) is 3.16. The number of likely N-dealkylation sites (tertiary alicyclic amines) is 1. The van der Waals surface area contributed by atoms with Crippen molar-refractivity contribution in [2.24, 2.45) is 0 Å². The van der Waals surface area contributed by atoms with Gasteiger partial charge in [0.1, 0.15) is 5.70 Å². The molecule has 1 fully saturated rings. The Hall–Kier alpha value is -2.80. The second-order valence-electron chi connectivity index (χ2n) is 6.78. The molecule has 7 heteroatoms. The summed E-state index contributed by atoms with van der Waals surface area (Å²) in [5.41, 5.74) is 1.89. The van der Waals surface area contributed by atoms with Crippen LogP contribution in [-0.2, 0) is 16.1 Å². The van der Waals surface area contributed by atoms with Crippen molar-refractivity contribution in [2.45, 2.75) is 19.4 Å². The van der Waals surface area contributed by atoms with E-state index in [2.05, 4.69) is 4.90 Å². The van der Waals surface area contributed by atoms with Crippen LogP contribution in [0.2, 0.25) is 0 Å². The van der Waals surface area contributed by atoms with Crippen LogP contribution in [0, 0.1) is 0 Å². The van der Waals surface area contributed by atoms with E-state index < -0.39 is 0 Å². The van der Waals surface area contributed by atoms with Crippen LogP contribution in [-0.4, -0.2) is 48.9 Å². The molecule has 0 aliphatic carbocycles. The standard InChI is InChI=1S/C21H22N2O4S/c1-26-15-8-7-14(12-16(15)27-2)13-23-20(24)18(17-6-5-11-28-17)19(21(23)25)22-9-3-4-10-22/h5-8,11-12H,3-4,9-10,13H2,1-2H3. The van der Waals surface area contributed by atoms with Gasteiger partial charge in [-0.15, -0.1) is 11.3 Å². The highest BCUT2D eigenvalue weighted by Gasteiger charge is 2.42. The normalized spacial score (nSPS) is 17.1. The summed E-state index contributed by atoms with van der Waals surface area (Å²) >= 11 is 1.49. The molecular formula is C21H22N2O4S. The van der Waals surface area contributed by atoms with E-state index in [0.29, 0.717) is 22.8 Å². The highest BCUT2D eigenvalue weighted by atomic mass is 32.1. The lowest BCUT2D eigenvalue weighted by atomic mass is 10.1. The fourth-order valence-corrected chi connectivity index (χ4v) is 4.51. The van der Waals surface area contributed by atoms with Gasteiger partial charge in [-0.25, -0.2) is 0 Å². The lowest BCUT2D eigenvalue weighted by Gasteiger charge is -2.20. The average Bonchev–Trinajstić information content (AvgIpc) is 3.45. The quantitative estimate of drug-likeness (QED) is 0.700. The van der Waals surface area contributed by atoms with Gasteiger partial charge < -0.3 is 14.4 Å². The molecule has 1 aromatic heterocycles. The minimum Gasteiger partial charge on any atom is -0.493 e. The Morgan fingerprint density at radius 3 is 2.39 bits per heavy atom. The van der Waals surface area contributed by atoms with Gasteiger partial charge in [0, 0.05) is 18.0 Å². The molecule has 0 saturated carbocycles. The third-order valence-corrected chi connectivity index (χ3v) is 6.01. The number of carbonyl (C=O) groups excluding carboxylic acids is 2. The van der Waals surface area contributed by atoms with Gasteiger partial charge in [-0.1, -0.05) is 12.1 Å². The van der Waals surface area contributed by atoms with Crippen molar-refractivity contribution in [3.63, 3.8) is 0 Å². The second-order valence-corrected chi connectivity index (χ2v) is 7.73. The van der Waals surface area contributed by atoms with Crippen molar-refractivity contribution in [2.75, 3.05) is 27.3 Å². The zero-order valence-corrected chi connectivity index (χ0v) is 16.8. The molecule has 2 amide bonds. The van der Waals surface area contributed by atoms with Crippen molar-refractivity contribution < 1.29 is 19.1 Å². The predicted molar refractivity (Wildman–Crippen MR) is 107 cm³/mol. The van der Waals surface area contributed by atoms with E-state index >= 15 is 0 Å². The SMILES string of the molecule is COc1ccc(CN2C(=O)C(c3cccs3)=C(N3CCCC3)C2=O)cc1OC. The van der Waals surface area contributed by atoms with Gasteiger partial charge in [0.2, 0.25) is 0 Å². The molecule has 6 nitrogen and oxygen atoms in total. The molecule has 28 heavy (non-hydrogen) atoms. The number of amides is 2. The van der Waals surface area contributed by atoms with Crippen molar-refractivity contribution in [3.05, 3.63) is 51.8 Å². The summed E-state index contributed by atoms with van der Waals surface area (Å²) in [6.45, 7) is 1.82. The van der Waals surface area contributed by atoms with E-state index in [1.165, 1.54) is 16.2 Å². The minimum atomic E-state index is -0.232. The van der Waals surface area contributed by atoms with E-state index in [9.17, 15) is 9.59 Å². The van der Waals surface area contributed by atoms with Gasteiger partial charge in [0.05, 0.1) is 26.3 Å². The number of nitrogens with zero attached hydrogens (tertiary/aromatic N) is 2. The van der Waals surface area contributed by atoms with Crippen LogP contribution in [0.5, 0.6) is 11.5 Å². The monoisotopic (exact) mass is 398 g/mol. The topological polar surface area (TPSA) is 59.1 Å². The smallest absolute Gasteiger partial charge is 0.278 e. The zero-order valence-electron chi connectivity index (χ0n) is 15.9. The van der Waals surface area contributed by atoms with Gasteiger partial charge in [-0.2, -0.15) is 0 Å². The molecule has 146 valence electrons. The number of methoxy groups -OCH3 is 2. The lowest BCUT2D eigenvalue weighted by Crippen LogP contribution is -2.34. The summed E-state index contributed by atoms with van der Waals surface area (Å²) in [5, 5.41) is 1.93. The third-order valence-electron chi connectivity index (χ3n) is 5.12. The Morgan fingerprint density at radius 1 is 1.00 bits per heavy atom. The Bertz CT molecular complexity index is 930. The fourth-order valence-electron chi connectivity index (χ4n) is 3.75. The van der Waals surface area contributed by atoms with E-state index in [1.54, 1.807) is 26.4 Å². The van der Waals surface area contributed by atoms with Gasteiger partial charge >= 0.3 is 0 Å². The van der Waals surface area contributed by atoms with E-state index in [0.717, 1.165) is 36.4 Å². The van der Waals surface area contributed by atoms with Crippen LogP contribution >= 0.6 is 11.3 Å². The van der Waals surface area contributed by atoms with Crippen molar-refractivity contribution >= 4 is 28.7 Å². The average molecular weight is 398 g/mol. The first-order valence-corrected chi connectivity index (χ1v) is 10.1. The molecule has 0 unspecified atom stereocenters. The zero-order chi connectivity index (χ0) is 19.7. The largest absolute Gasteiger partial charge is 0.493 e. The number of benzene rings is 1. The maximum atomic E-state index is 13.2. The maximum Gasteiger partial charge on any atom is 0.278 e. The van der Waals surface area contributed by atoms with Gasteiger partial charge in [0.25, 0.3) is 11.8 Å². The van der Waals surface area contributed by atoms with Crippen LogP contribution in [0.3, 0.4) is 0 Å². The van der Waals surface area contributed by atoms with Crippen LogP contribution in [0.15, 0.2) is 41.4 Å². The molecule has 2 aliphatic heterocycles. The molecule has 1 saturated heterocycles.